The highest BCUT2D eigenvalue weighted by Crippen LogP contribution is 2.46. The van der Waals surface area contributed by atoms with Crippen molar-refractivity contribution in [2.24, 2.45) is 0 Å². The predicted molar refractivity (Wildman–Crippen MR) is 317 cm³/mol. The number of alkyl halides is 18. The molecular weight excluding hydrogens is 1370 g/mol. The number of anilines is 3. The maximum Gasteiger partial charge on any atom is 0.417 e. The summed E-state index contributed by atoms with van der Waals surface area (Å²) in [5.41, 5.74) is -6.56. The molecule has 0 radical (unpaired) electrons. The molecule has 13 rings (SSSR count). The summed E-state index contributed by atoms with van der Waals surface area (Å²) in [6, 6.07) is 16.3. The summed E-state index contributed by atoms with van der Waals surface area (Å²) in [5.74, 6) is -1.22. The molecule has 7 fully saturated rings. The molecule has 0 spiro atoms. The topological polar surface area (TPSA) is 173 Å². The molecule has 15 nitrogen and oxygen atoms in total. The van der Waals surface area contributed by atoms with Gasteiger partial charge in [0.05, 0.1) is 45.6 Å². The van der Waals surface area contributed by atoms with Crippen molar-refractivity contribution in [2.45, 2.75) is 188 Å². The van der Waals surface area contributed by atoms with Gasteiger partial charge in [-0.05, 0) is 136 Å². The number of halogens is 18. The molecule has 7 saturated heterocycles. The molecule has 10 atom stereocenters. The fraction of sp³-hybridized carbons (Fsp3) is 0.463. The highest BCUT2D eigenvalue weighted by molar-refractivity contribution is 5.93. The minimum atomic E-state index is -4.68. The van der Waals surface area contributed by atoms with Crippen LogP contribution >= 0.6 is 0 Å². The molecule has 6 aromatic rings. The molecule has 4 unspecified atom stereocenters. The second-order valence-corrected chi connectivity index (χ2v) is 25.1. The maximum absolute atomic E-state index is 13.3. The third-order valence-corrected chi connectivity index (χ3v) is 18.6. The van der Waals surface area contributed by atoms with Crippen LogP contribution in [0.1, 0.15) is 150 Å². The van der Waals surface area contributed by atoms with E-state index >= 15 is 0 Å². The van der Waals surface area contributed by atoms with E-state index in [1.165, 1.54) is 18.2 Å². The molecule has 6 bridgehead atoms. The van der Waals surface area contributed by atoms with Crippen molar-refractivity contribution in [3.8, 4) is 23.3 Å². The van der Waals surface area contributed by atoms with Gasteiger partial charge in [0, 0.05) is 99.8 Å². The van der Waals surface area contributed by atoms with Gasteiger partial charge < -0.3 is 43.5 Å². The predicted octanol–water partition coefficient (Wildman–Crippen LogP) is 17.0. The minimum absolute atomic E-state index is 0.00651. The van der Waals surface area contributed by atoms with E-state index in [0.717, 1.165) is 124 Å². The first-order valence-electron chi connectivity index (χ1n) is 31.5. The molecule has 33 heteroatoms. The number of aromatic nitrogens is 3. The Hall–Kier alpha value is -8.96. The van der Waals surface area contributed by atoms with Crippen molar-refractivity contribution >= 4 is 29.4 Å². The Kier molecular flexibility index (Phi) is 20.4. The molecule has 10 heterocycles. The third-order valence-electron chi connectivity index (χ3n) is 18.6. The minimum Gasteiger partial charge on any atom is -0.489 e. The summed E-state index contributed by atoms with van der Waals surface area (Å²) in [6.07, 6.45) is -18.1. The van der Waals surface area contributed by atoms with Gasteiger partial charge in [0.15, 0.2) is 0 Å². The second-order valence-electron chi connectivity index (χ2n) is 25.1. The third kappa shape index (κ3) is 16.6. The van der Waals surface area contributed by atoms with E-state index in [4.69, 9.17) is 23.7 Å². The lowest BCUT2D eigenvalue weighted by molar-refractivity contribution is -0.138. The quantitative estimate of drug-likeness (QED) is 0.0905. The Morgan fingerprint density at radius 1 is 0.430 bits per heavy atom. The van der Waals surface area contributed by atoms with Gasteiger partial charge in [0.25, 0.3) is 0 Å². The Morgan fingerprint density at radius 2 is 0.740 bits per heavy atom. The maximum atomic E-state index is 13.3. The van der Waals surface area contributed by atoms with E-state index in [0.29, 0.717) is 81.5 Å². The highest BCUT2D eigenvalue weighted by Gasteiger charge is 2.47. The van der Waals surface area contributed by atoms with Crippen molar-refractivity contribution in [1.29, 1.82) is 5.26 Å². The standard InChI is InChI=1S/C25H24F6N2O4.C21H17F6N3O.C21H18F6N2O3/c26-24(27,28)14-3-7-20(19(10-14)23(34)37-22-2-1-9-35-22)36-18-11-16-5-6-17(12-18)33(16)21-8-4-15(13-32-21)25(29,30)31;22-20(23,24)13-1-5-18(12(7-13)10-28)31-17-8-15-3-4-16(9-17)30(15)19-6-2-14(11-29-19)21(25,26)27;22-20(23,24)11-1-5-17(16(7-11)19(30)31)32-15-8-13-3-4-14(9-15)29(13)18-6-2-12(10-28-18)21(25,26)27/h3-4,7-8,10,13,16-18,22H,1-2,5-6,9,11-12H2;1-2,5-7,11,15-17H,3-4,8-9H2;1-2,5-7,10,13-15H,3-4,8-9H2,(H,30,31)/t16-,17+,18?,22?;15-,16+,17?;13-,14+,15?. The Balaban J connectivity index is 0.000000152. The summed E-state index contributed by atoms with van der Waals surface area (Å²) in [7, 11) is 0. The Morgan fingerprint density at radius 3 is 1.04 bits per heavy atom. The largest absolute Gasteiger partial charge is 0.489 e. The zero-order chi connectivity index (χ0) is 72.0. The van der Waals surface area contributed by atoms with Crippen LogP contribution in [0.15, 0.2) is 110 Å². The van der Waals surface area contributed by atoms with Crippen molar-refractivity contribution in [3.63, 3.8) is 0 Å². The van der Waals surface area contributed by atoms with Gasteiger partial charge in [0.2, 0.25) is 6.29 Å². The molecule has 0 aliphatic carbocycles. The number of carbonyl (C=O) groups excluding carboxylic acids is 1. The fourth-order valence-electron chi connectivity index (χ4n) is 14.1. The number of hydrogen-bond donors (Lipinski definition) is 1. The van der Waals surface area contributed by atoms with Gasteiger partial charge in [-0.25, -0.2) is 24.5 Å². The van der Waals surface area contributed by atoms with Gasteiger partial charge >= 0.3 is 49.0 Å². The van der Waals surface area contributed by atoms with Crippen molar-refractivity contribution in [1.82, 2.24) is 15.0 Å². The number of fused-ring (bicyclic) bond motifs is 6. The number of aromatic carboxylic acids is 1. The van der Waals surface area contributed by atoms with Crippen molar-refractivity contribution < 1.29 is 117 Å². The van der Waals surface area contributed by atoms with Gasteiger partial charge in [-0.1, -0.05) is 0 Å². The first-order chi connectivity index (χ1) is 47.0. The van der Waals surface area contributed by atoms with Crippen molar-refractivity contribution in [2.75, 3.05) is 21.3 Å². The van der Waals surface area contributed by atoms with Crippen LogP contribution in [0.4, 0.5) is 96.5 Å². The average Bonchev–Trinajstić information content (AvgIpc) is 1.62. The molecule has 3 aromatic heterocycles. The van der Waals surface area contributed by atoms with Crippen molar-refractivity contribution in [3.05, 3.63) is 160 Å². The van der Waals surface area contributed by atoms with Crippen LogP contribution < -0.4 is 28.9 Å². The van der Waals surface area contributed by atoms with E-state index in [9.17, 15) is 99.0 Å². The van der Waals surface area contributed by atoms with Crippen LogP contribution in [0.5, 0.6) is 17.2 Å². The number of rotatable bonds is 12. The number of carboxylic acid groups (broad SMARTS) is 1. The van der Waals surface area contributed by atoms with Crippen LogP contribution in [-0.2, 0) is 46.5 Å². The van der Waals surface area contributed by atoms with Gasteiger partial charge in [0.1, 0.15) is 70.2 Å². The molecule has 0 saturated carbocycles. The monoisotopic (exact) mass is 1430 g/mol. The van der Waals surface area contributed by atoms with Gasteiger partial charge in [-0.3, -0.25) is 0 Å². The number of benzene rings is 3. The second kappa shape index (κ2) is 28.2. The number of esters is 1. The Labute approximate surface area is 557 Å². The number of carboxylic acids is 1. The molecule has 1 N–H and O–H groups in total. The van der Waals surface area contributed by atoms with Crippen LogP contribution in [0.25, 0.3) is 0 Å². The van der Waals surface area contributed by atoms with Gasteiger partial charge in [-0.15, -0.1) is 0 Å². The molecule has 3 aromatic carbocycles. The zero-order valence-electron chi connectivity index (χ0n) is 52.0. The molecule has 536 valence electrons. The van der Waals surface area contributed by atoms with E-state index in [-0.39, 0.29) is 70.7 Å². The van der Waals surface area contributed by atoms with Crippen LogP contribution in [-0.4, -0.2) is 99.5 Å². The van der Waals surface area contributed by atoms with Crippen LogP contribution in [0.2, 0.25) is 0 Å². The summed E-state index contributed by atoms with van der Waals surface area (Å²) in [5, 5.41) is 18.6. The first kappa shape index (κ1) is 72.3. The van der Waals surface area contributed by atoms with E-state index in [2.05, 4.69) is 15.0 Å². The summed E-state index contributed by atoms with van der Waals surface area (Å²) < 4.78 is 261. The number of nitrogens with zero attached hydrogens (tertiary/aromatic N) is 7. The van der Waals surface area contributed by atoms with E-state index in [1.54, 1.807) is 6.07 Å². The average molecular weight is 1430 g/mol. The lowest BCUT2D eigenvalue weighted by Crippen LogP contribution is -2.47. The normalized spacial score (nSPS) is 24.3. The summed E-state index contributed by atoms with van der Waals surface area (Å²) in [6.45, 7) is 0.402. The van der Waals surface area contributed by atoms with Gasteiger partial charge in [-0.2, -0.15) is 84.3 Å². The molecule has 100 heavy (non-hydrogen) atoms. The number of nitriles is 1. The summed E-state index contributed by atoms with van der Waals surface area (Å²) >= 11 is 0. The number of pyridine rings is 3. The van der Waals surface area contributed by atoms with E-state index in [1.807, 2.05) is 14.7 Å². The smallest absolute Gasteiger partial charge is 0.417 e. The lowest BCUT2D eigenvalue weighted by Gasteiger charge is -2.40. The molecule has 7 aliphatic heterocycles. The summed E-state index contributed by atoms with van der Waals surface area (Å²) in [4.78, 5) is 42.2. The highest BCUT2D eigenvalue weighted by atomic mass is 19.4. The molecule has 7 aliphatic rings. The first-order valence-corrected chi connectivity index (χ1v) is 31.5. The Bertz CT molecular complexity index is 3890. The lowest BCUT2D eigenvalue weighted by atomic mass is 9.99. The number of hydrogen-bond acceptors (Lipinski definition) is 14. The number of piperidine rings is 3. The molecular formula is C67H59F18N7O8. The fourth-order valence-corrected chi connectivity index (χ4v) is 14.1. The number of ether oxygens (including phenoxy) is 5. The van der Waals surface area contributed by atoms with Crippen LogP contribution in [0, 0.1) is 11.3 Å². The zero-order valence-corrected chi connectivity index (χ0v) is 52.0. The SMILES string of the molecule is N#Cc1cc(C(F)(F)F)ccc1OC1C[C@H]2CC[C@@H](C1)N2c1ccc(C(F)(F)F)cn1.O=C(O)c1cc(C(F)(F)F)ccc1OC1C[C@H]2CC[C@@H](C1)N2c1ccc(C(F)(F)F)cn1.O=C(OC1CCCO1)c1cc(C(F)(F)F)ccc1OC1C[C@H]2CC[C@@H](C1)N2c1ccc(C(F)(F)F)cn1. The number of carbonyl (C=O) groups is 2. The van der Waals surface area contributed by atoms with Crippen LogP contribution in [0.3, 0.4) is 0 Å². The molecule has 0 amide bonds. The van der Waals surface area contributed by atoms with E-state index < -0.39 is 106 Å².